The first-order valence-electron chi connectivity index (χ1n) is 15.1. The Labute approximate surface area is 278 Å². The number of nitrogens with one attached hydrogen (secondary N) is 1. The van der Waals surface area contributed by atoms with Gasteiger partial charge < -0.3 is 20.9 Å². The molecule has 1 saturated heterocycles. The molecule has 0 spiro atoms. The fourth-order valence-corrected chi connectivity index (χ4v) is 7.25. The second-order valence-electron chi connectivity index (χ2n) is 12.2. The monoisotopic (exact) mass is 685 g/mol. The first-order valence-corrected chi connectivity index (χ1v) is 15.8. The summed E-state index contributed by atoms with van der Waals surface area (Å²) in [5.41, 5.74) is 4.10. The number of nitrogens with two attached hydrogens (primary N) is 1. The molecule has 2 atom stereocenters. The third kappa shape index (κ3) is 5.09. The van der Waals surface area contributed by atoms with Gasteiger partial charge in [0, 0.05) is 37.4 Å². The summed E-state index contributed by atoms with van der Waals surface area (Å²) >= 11 is 12.3. The van der Waals surface area contributed by atoms with Crippen LogP contribution in [0.2, 0.25) is 10.0 Å². The Balaban J connectivity index is 1.81. The van der Waals surface area contributed by atoms with Crippen molar-refractivity contribution >= 4 is 57.2 Å². The number of pyridine rings is 1. The van der Waals surface area contributed by atoms with Crippen molar-refractivity contribution < 1.29 is 18.0 Å². The van der Waals surface area contributed by atoms with Crippen LogP contribution in [0.3, 0.4) is 0 Å². The lowest BCUT2D eigenvalue weighted by Gasteiger charge is -2.47. The van der Waals surface area contributed by atoms with Crippen molar-refractivity contribution in [3.8, 4) is 16.8 Å². The number of aromatic nitrogens is 3. The van der Waals surface area contributed by atoms with Crippen LogP contribution in [0.4, 0.5) is 30.4 Å². The van der Waals surface area contributed by atoms with Gasteiger partial charge in [-0.25, -0.2) is 18.0 Å². The Hall–Kier alpha value is -4.29. The summed E-state index contributed by atoms with van der Waals surface area (Å²) in [6, 6.07) is 1.94. The zero-order valence-electron chi connectivity index (χ0n) is 26.1. The van der Waals surface area contributed by atoms with Crippen LogP contribution in [0.25, 0.3) is 27.7 Å². The lowest BCUT2D eigenvalue weighted by molar-refractivity contribution is -0.127. The molecule has 4 heterocycles. The molecule has 6 rings (SSSR count). The van der Waals surface area contributed by atoms with Gasteiger partial charge in [0.1, 0.15) is 11.3 Å². The van der Waals surface area contributed by atoms with Gasteiger partial charge >= 0.3 is 5.69 Å². The quantitative estimate of drug-likeness (QED) is 0.142. The number of hydrogen-bond acceptors (Lipinski definition) is 7. The van der Waals surface area contributed by atoms with E-state index in [1.54, 1.807) is 24.1 Å². The predicted molar refractivity (Wildman–Crippen MR) is 179 cm³/mol. The van der Waals surface area contributed by atoms with Crippen LogP contribution in [-0.2, 0) is 4.79 Å². The number of carbonyl (C=O) groups excluding carboxylic acids is 1. The third-order valence-corrected chi connectivity index (χ3v) is 9.46. The number of benzene rings is 2. The Bertz CT molecular complexity index is 2030. The molecule has 47 heavy (non-hydrogen) atoms. The van der Waals surface area contributed by atoms with Gasteiger partial charge in [0.05, 0.1) is 49.8 Å². The van der Waals surface area contributed by atoms with Crippen molar-refractivity contribution in [3.05, 3.63) is 80.2 Å². The van der Waals surface area contributed by atoms with Crippen molar-refractivity contribution in [1.82, 2.24) is 19.4 Å². The van der Waals surface area contributed by atoms with Crippen LogP contribution in [0.5, 0.6) is 0 Å². The van der Waals surface area contributed by atoms with E-state index in [0.29, 0.717) is 17.7 Å². The van der Waals surface area contributed by atoms with Gasteiger partial charge in [-0.15, -0.1) is 0 Å². The zero-order valence-corrected chi connectivity index (χ0v) is 27.6. The number of aryl methyl sites for hydroxylation is 1. The molecule has 2 aromatic heterocycles. The molecule has 2 aliphatic rings. The maximum atomic E-state index is 17.5. The van der Waals surface area contributed by atoms with E-state index in [1.807, 2.05) is 25.7 Å². The normalized spacial score (nSPS) is 17.7. The van der Waals surface area contributed by atoms with Crippen molar-refractivity contribution in [1.29, 1.82) is 0 Å². The van der Waals surface area contributed by atoms with Gasteiger partial charge in [0.2, 0.25) is 5.91 Å². The number of nitrogen functional groups attached to an aromatic ring is 1. The molecule has 0 aliphatic carbocycles. The standard InChI is InChI=1S/C33H32Cl2F3N7O2/c1-6-20(46)43-12-16(5)44-17(13-43)8-10-41-29-23-31(26(38)21(25(29)37)22-24(36)18(34)11-19(35)27(22)39)45(33(47)42-32(23)44)30-15(4)7-9-40-28(30)14(2)3/h6-7,9,11,14,16-17,41H,1,8,10,12-13,39H2,2-5H3. The average molecular weight is 687 g/mol. The van der Waals surface area contributed by atoms with E-state index in [4.69, 9.17) is 28.9 Å². The van der Waals surface area contributed by atoms with Crippen LogP contribution >= 0.6 is 23.2 Å². The zero-order chi connectivity index (χ0) is 34.1. The summed E-state index contributed by atoms with van der Waals surface area (Å²) in [4.78, 5) is 39.4. The summed E-state index contributed by atoms with van der Waals surface area (Å²) in [6.07, 6.45) is 3.20. The predicted octanol–water partition coefficient (Wildman–Crippen LogP) is 6.59. The highest BCUT2D eigenvalue weighted by Gasteiger charge is 2.40. The first-order chi connectivity index (χ1) is 22.3. The van der Waals surface area contributed by atoms with Crippen molar-refractivity contribution in [2.75, 3.05) is 35.6 Å². The molecule has 2 aromatic carbocycles. The molecule has 0 bridgehead atoms. The van der Waals surface area contributed by atoms with Crippen LogP contribution in [0, 0.1) is 24.4 Å². The third-order valence-electron chi connectivity index (χ3n) is 8.87. The van der Waals surface area contributed by atoms with Crippen LogP contribution < -0.4 is 21.6 Å². The minimum absolute atomic E-state index is 0.0289. The van der Waals surface area contributed by atoms with Crippen molar-refractivity contribution in [2.24, 2.45) is 0 Å². The Morgan fingerprint density at radius 3 is 2.55 bits per heavy atom. The number of rotatable bonds is 4. The summed E-state index contributed by atoms with van der Waals surface area (Å²) in [5.74, 6) is -4.05. The molecule has 0 saturated carbocycles. The minimum atomic E-state index is -1.27. The van der Waals surface area contributed by atoms with Gasteiger partial charge in [-0.2, -0.15) is 4.98 Å². The summed E-state index contributed by atoms with van der Waals surface area (Å²) in [6.45, 7) is 11.6. The number of piperazine rings is 1. The highest BCUT2D eigenvalue weighted by atomic mass is 35.5. The molecule has 14 heteroatoms. The highest BCUT2D eigenvalue weighted by Crippen LogP contribution is 2.48. The SMILES string of the molecule is C=CC(=O)N1CC(C)N2c3nc(=O)n(-c4c(C)ccnc4C(C)C)c4c(F)c(-c5c(N)c(Cl)cc(Cl)c5F)c(F)c(c34)NCCC2C1. The van der Waals surface area contributed by atoms with Gasteiger partial charge in [-0.05, 0) is 50.0 Å². The van der Waals surface area contributed by atoms with Crippen LogP contribution in [0.15, 0.2) is 35.8 Å². The number of nitrogens with zero attached hydrogens (tertiary/aromatic N) is 5. The summed E-state index contributed by atoms with van der Waals surface area (Å²) < 4.78 is 51.2. The molecular weight excluding hydrogens is 654 g/mol. The van der Waals surface area contributed by atoms with E-state index < -0.39 is 51.0 Å². The molecule has 246 valence electrons. The largest absolute Gasteiger partial charge is 0.397 e. The van der Waals surface area contributed by atoms with Crippen LogP contribution in [0.1, 0.15) is 44.4 Å². The molecule has 1 amide bonds. The molecule has 2 unspecified atom stereocenters. The number of halogens is 5. The van der Waals surface area contributed by atoms with Crippen LogP contribution in [-0.4, -0.2) is 57.1 Å². The number of anilines is 3. The number of amides is 1. The minimum Gasteiger partial charge on any atom is -0.397 e. The lowest BCUT2D eigenvalue weighted by Crippen LogP contribution is -2.60. The lowest BCUT2D eigenvalue weighted by atomic mass is 9.95. The van der Waals surface area contributed by atoms with E-state index in [-0.39, 0.29) is 70.6 Å². The Morgan fingerprint density at radius 2 is 1.87 bits per heavy atom. The maximum Gasteiger partial charge on any atom is 0.354 e. The molecule has 0 radical (unpaired) electrons. The number of carbonyl (C=O) groups is 1. The summed E-state index contributed by atoms with van der Waals surface area (Å²) in [5, 5.41) is 2.34. The second kappa shape index (κ2) is 12.1. The second-order valence-corrected chi connectivity index (χ2v) is 13.0. The molecular formula is C33H32Cl2F3N7O2. The number of fused-ring (bicyclic) bond motifs is 2. The topological polar surface area (TPSA) is 109 Å². The van der Waals surface area contributed by atoms with Gasteiger partial charge in [0.25, 0.3) is 0 Å². The van der Waals surface area contributed by atoms with E-state index in [0.717, 1.165) is 10.6 Å². The fraction of sp³-hybridized carbons (Fsp3) is 0.333. The molecule has 4 aromatic rings. The fourth-order valence-electron chi connectivity index (χ4n) is 6.78. The molecule has 9 nitrogen and oxygen atoms in total. The number of hydrogen-bond donors (Lipinski definition) is 2. The van der Waals surface area contributed by atoms with E-state index in [9.17, 15) is 9.59 Å². The molecule has 3 N–H and O–H groups in total. The van der Waals surface area contributed by atoms with Gasteiger partial charge in [0.15, 0.2) is 17.5 Å². The maximum absolute atomic E-state index is 17.5. The smallest absolute Gasteiger partial charge is 0.354 e. The Morgan fingerprint density at radius 1 is 1.15 bits per heavy atom. The first kappa shape index (κ1) is 32.6. The van der Waals surface area contributed by atoms with E-state index in [2.05, 4.69) is 21.9 Å². The van der Waals surface area contributed by atoms with E-state index in [1.165, 1.54) is 6.08 Å². The van der Waals surface area contributed by atoms with Crippen molar-refractivity contribution in [3.63, 3.8) is 0 Å². The van der Waals surface area contributed by atoms with E-state index >= 15 is 13.2 Å². The molecule has 2 aliphatic heterocycles. The average Bonchev–Trinajstić information content (AvgIpc) is 3.01. The van der Waals surface area contributed by atoms with Gasteiger partial charge in [-0.1, -0.05) is 43.6 Å². The summed E-state index contributed by atoms with van der Waals surface area (Å²) in [7, 11) is 0. The molecule has 1 fully saturated rings. The van der Waals surface area contributed by atoms with Gasteiger partial charge in [-0.3, -0.25) is 14.3 Å². The van der Waals surface area contributed by atoms with Crippen molar-refractivity contribution in [2.45, 2.75) is 52.1 Å². The Kier molecular flexibility index (Phi) is 8.38. The highest BCUT2D eigenvalue weighted by molar-refractivity contribution is 6.37.